The van der Waals surface area contributed by atoms with Gasteiger partial charge in [-0.3, -0.25) is 4.21 Å². The van der Waals surface area contributed by atoms with Crippen LogP contribution in [0.3, 0.4) is 0 Å². The van der Waals surface area contributed by atoms with Gasteiger partial charge in [-0.05, 0) is 18.8 Å². The molecule has 0 bridgehead atoms. The fourth-order valence-corrected chi connectivity index (χ4v) is 3.46. The summed E-state index contributed by atoms with van der Waals surface area (Å²) in [4.78, 5) is 0. The summed E-state index contributed by atoms with van der Waals surface area (Å²) in [7, 11) is -0.745. The van der Waals surface area contributed by atoms with Crippen LogP contribution < -0.4 is 5.73 Å². The van der Waals surface area contributed by atoms with Gasteiger partial charge in [0.05, 0.1) is 0 Å². The smallest absolute Gasteiger partial charge is 0.0496 e. The van der Waals surface area contributed by atoms with Crippen LogP contribution in [-0.4, -0.2) is 21.3 Å². The molecule has 2 nitrogen and oxygen atoms in total. The van der Waals surface area contributed by atoms with Gasteiger partial charge in [-0.15, -0.1) is 0 Å². The Bertz CT molecular complexity index is 171. The van der Waals surface area contributed by atoms with Crippen molar-refractivity contribution >= 4 is 10.8 Å². The lowest BCUT2D eigenvalue weighted by Gasteiger charge is -2.22. The summed E-state index contributed by atoms with van der Waals surface area (Å²) in [5.41, 5.74) is 6.02. The molecule has 0 aliphatic heterocycles. The van der Waals surface area contributed by atoms with Gasteiger partial charge in [0.25, 0.3) is 0 Å². The predicted octanol–water partition coefficient (Wildman–Crippen LogP) is 2.30. The van der Waals surface area contributed by atoms with Gasteiger partial charge in [0, 0.05) is 27.8 Å². The van der Waals surface area contributed by atoms with Crippen molar-refractivity contribution in [3.05, 3.63) is 0 Å². The Morgan fingerprint density at radius 2 is 1.86 bits per heavy atom. The molecule has 0 aliphatic rings. The maximum absolute atomic E-state index is 11.9. The Balaban J connectivity index is 4.17. The molecule has 0 fully saturated rings. The Morgan fingerprint density at radius 3 is 2.21 bits per heavy atom. The summed E-state index contributed by atoms with van der Waals surface area (Å²) >= 11 is 0. The summed E-state index contributed by atoms with van der Waals surface area (Å²) in [5, 5.41) is 0.192. The quantitative estimate of drug-likeness (QED) is 0.714. The van der Waals surface area contributed by atoms with E-state index in [1.165, 1.54) is 0 Å². The van der Waals surface area contributed by atoms with Crippen LogP contribution in [0.15, 0.2) is 0 Å². The molecule has 3 atom stereocenters. The highest BCUT2D eigenvalue weighted by atomic mass is 32.2. The highest BCUT2D eigenvalue weighted by molar-refractivity contribution is 7.85. The van der Waals surface area contributed by atoms with Gasteiger partial charge in [-0.25, -0.2) is 0 Å². The van der Waals surface area contributed by atoms with E-state index >= 15 is 0 Å². The van der Waals surface area contributed by atoms with E-state index in [1.807, 2.05) is 0 Å². The molecule has 86 valence electrons. The first-order valence-electron chi connectivity index (χ1n) is 5.65. The maximum Gasteiger partial charge on any atom is 0.0496 e. The minimum Gasteiger partial charge on any atom is -0.327 e. The lowest BCUT2D eigenvalue weighted by Crippen LogP contribution is -2.38. The average molecular weight is 219 g/mol. The van der Waals surface area contributed by atoms with Crippen molar-refractivity contribution in [3.8, 4) is 0 Å². The number of hydrogen-bond acceptors (Lipinski definition) is 2. The molecule has 0 saturated carbocycles. The van der Waals surface area contributed by atoms with Crippen molar-refractivity contribution in [1.29, 1.82) is 0 Å². The molecular weight excluding hydrogens is 194 g/mol. The third-order valence-corrected chi connectivity index (χ3v) is 4.69. The van der Waals surface area contributed by atoms with E-state index in [4.69, 9.17) is 5.73 Å². The second-order valence-corrected chi connectivity index (χ2v) is 6.04. The Hall–Kier alpha value is 0.110. The van der Waals surface area contributed by atoms with Crippen molar-refractivity contribution in [2.75, 3.05) is 5.75 Å². The monoisotopic (exact) mass is 219 g/mol. The summed E-state index contributed by atoms with van der Waals surface area (Å²) in [6, 6.07) is 0.115. The predicted molar refractivity (Wildman–Crippen MR) is 64.8 cm³/mol. The van der Waals surface area contributed by atoms with Crippen LogP contribution in [0.5, 0.6) is 0 Å². The maximum atomic E-state index is 11.9. The van der Waals surface area contributed by atoms with Crippen LogP contribution in [-0.2, 0) is 10.8 Å². The molecule has 0 saturated heterocycles. The van der Waals surface area contributed by atoms with Crippen LogP contribution in [0.2, 0.25) is 0 Å². The summed E-state index contributed by atoms with van der Waals surface area (Å²) < 4.78 is 11.9. The van der Waals surface area contributed by atoms with Crippen LogP contribution in [0.25, 0.3) is 0 Å². The van der Waals surface area contributed by atoms with Gasteiger partial charge in [-0.2, -0.15) is 0 Å². The van der Waals surface area contributed by atoms with Gasteiger partial charge in [0.1, 0.15) is 0 Å². The topological polar surface area (TPSA) is 43.1 Å². The minimum atomic E-state index is -0.745. The van der Waals surface area contributed by atoms with Crippen LogP contribution in [0, 0.1) is 5.92 Å². The van der Waals surface area contributed by atoms with E-state index < -0.39 is 10.8 Å². The molecule has 0 amide bonds. The molecule has 0 rings (SSSR count). The average Bonchev–Trinajstić information content (AvgIpc) is 2.04. The summed E-state index contributed by atoms with van der Waals surface area (Å²) in [6.45, 7) is 8.42. The third kappa shape index (κ3) is 5.11. The van der Waals surface area contributed by atoms with E-state index in [-0.39, 0.29) is 11.3 Å². The molecule has 0 radical (unpaired) electrons. The zero-order chi connectivity index (χ0) is 11.1. The number of nitrogens with two attached hydrogens (primary N) is 1. The minimum absolute atomic E-state index is 0.115. The van der Waals surface area contributed by atoms with Crippen molar-refractivity contribution in [2.24, 2.45) is 11.7 Å². The molecule has 0 aromatic rings. The van der Waals surface area contributed by atoms with Crippen LogP contribution >= 0.6 is 0 Å². The third-order valence-electron chi connectivity index (χ3n) is 2.34. The molecular formula is C11H25NOS. The number of rotatable bonds is 7. The van der Waals surface area contributed by atoms with Crippen molar-refractivity contribution in [1.82, 2.24) is 0 Å². The molecule has 0 aromatic heterocycles. The molecule has 2 N–H and O–H groups in total. The molecule has 0 aromatic carbocycles. The van der Waals surface area contributed by atoms with E-state index in [9.17, 15) is 4.21 Å². The zero-order valence-electron chi connectivity index (χ0n) is 9.95. The van der Waals surface area contributed by atoms with Gasteiger partial charge >= 0.3 is 0 Å². The van der Waals surface area contributed by atoms with E-state index in [0.717, 1.165) is 25.0 Å². The van der Waals surface area contributed by atoms with Crippen molar-refractivity contribution in [2.45, 2.75) is 58.2 Å². The first-order valence-corrected chi connectivity index (χ1v) is 7.03. The summed E-state index contributed by atoms with van der Waals surface area (Å²) in [6.07, 6.45) is 3.00. The lowest BCUT2D eigenvalue weighted by molar-refractivity contribution is 0.546. The van der Waals surface area contributed by atoms with Gasteiger partial charge < -0.3 is 5.73 Å². The lowest BCUT2D eigenvalue weighted by atomic mass is 10.1. The van der Waals surface area contributed by atoms with Gasteiger partial charge in [0.2, 0.25) is 0 Å². The van der Waals surface area contributed by atoms with E-state index in [1.54, 1.807) is 0 Å². The van der Waals surface area contributed by atoms with Crippen molar-refractivity contribution in [3.63, 3.8) is 0 Å². The molecule has 0 heterocycles. The Kier molecular flexibility index (Phi) is 7.47. The Morgan fingerprint density at radius 1 is 1.29 bits per heavy atom. The number of hydrogen-bond donors (Lipinski definition) is 1. The fourth-order valence-electron chi connectivity index (χ4n) is 1.65. The first-order chi connectivity index (χ1) is 6.52. The van der Waals surface area contributed by atoms with Crippen LogP contribution in [0.1, 0.15) is 47.0 Å². The molecule has 0 aliphatic carbocycles. The van der Waals surface area contributed by atoms with Gasteiger partial charge in [0.15, 0.2) is 0 Å². The van der Waals surface area contributed by atoms with E-state index in [0.29, 0.717) is 5.92 Å². The van der Waals surface area contributed by atoms with Gasteiger partial charge in [-0.1, -0.05) is 34.1 Å². The normalized spacial score (nSPS) is 18.1. The zero-order valence-corrected chi connectivity index (χ0v) is 10.8. The molecule has 14 heavy (non-hydrogen) atoms. The SMILES string of the molecule is CCCC(N)C(CC)S(=O)CC(C)C. The van der Waals surface area contributed by atoms with Crippen molar-refractivity contribution < 1.29 is 4.21 Å². The fraction of sp³-hybridized carbons (Fsp3) is 1.00. The second kappa shape index (κ2) is 7.41. The molecule has 3 unspecified atom stereocenters. The molecule has 3 heteroatoms. The first kappa shape index (κ1) is 14.1. The second-order valence-electron chi connectivity index (χ2n) is 4.34. The Labute approximate surface area is 91.1 Å². The molecule has 0 spiro atoms. The highest BCUT2D eigenvalue weighted by Crippen LogP contribution is 2.13. The van der Waals surface area contributed by atoms with E-state index in [2.05, 4.69) is 27.7 Å². The van der Waals surface area contributed by atoms with Crippen LogP contribution in [0.4, 0.5) is 0 Å². The highest BCUT2D eigenvalue weighted by Gasteiger charge is 2.22. The largest absolute Gasteiger partial charge is 0.327 e. The standard InChI is InChI=1S/C11H25NOS/c1-5-7-10(12)11(6-2)14(13)8-9(3)4/h9-11H,5-8,12H2,1-4H3. The summed E-state index contributed by atoms with van der Waals surface area (Å²) in [5.74, 6) is 1.29.